The molecule has 3 heteroatoms. The largest absolute Gasteiger partial charge is 0.389 e. The molecule has 86 valence electrons. The van der Waals surface area contributed by atoms with Gasteiger partial charge in [0.25, 0.3) is 0 Å². The highest BCUT2D eigenvalue weighted by Gasteiger charge is 2.25. The predicted molar refractivity (Wildman–Crippen MR) is 65.9 cm³/mol. The topological polar surface area (TPSA) is 32.3 Å². The molecule has 0 aliphatic carbocycles. The molecule has 0 saturated carbocycles. The molecule has 0 spiro atoms. The lowest BCUT2D eigenvalue weighted by Crippen LogP contribution is -2.45. The first kappa shape index (κ1) is 14.3. The molecule has 14 heavy (non-hydrogen) atoms. The second-order valence-electron chi connectivity index (χ2n) is 5.08. The van der Waals surface area contributed by atoms with E-state index in [9.17, 15) is 5.11 Å². The van der Waals surface area contributed by atoms with Gasteiger partial charge >= 0.3 is 0 Å². The summed E-state index contributed by atoms with van der Waals surface area (Å²) in [4.78, 5) is 0. The van der Waals surface area contributed by atoms with E-state index >= 15 is 0 Å². The van der Waals surface area contributed by atoms with Crippen molar-refractivity contribution in [2.45, 2.75) is 45.0 Å². The lowest BCUT2D eigenvalue weighted by Gasteiger charge is -2.30. The summed E-state index contributed by atoms with van der Waals surface area (Å²) in [7, 11) is 0. The maximum atomic E-state index is 9.99. The number of hydrogen-bond donors (Lipinski definition) is 2. The van der Waals surface area contributed by atoms with E-state index in [1.807, 2.05) is 32.5 Å². The fraction of sp³-hybridized carbons (Fsp3) is 1.00. The third-order valence-corrected chi connectivity index (χ3v) is 4.08. The van der Waals surface area contributed by atoms with E-state index in [4.69, 9.17) is 0 Å². The van der Waals surface area contributed by atoms with Gasteiger partial charge in [-0.15, -0.1) is 0 Å². The monoisotopic (exact) mass is 219 g/mol. The minimum Gasteiger partial charge on any atom is -0.389 e. The number of nitrogens with one attached hydrogen (secondary N) is 1. The number of rotatable bonds is 6. The molecule has 0 aliphatic rings. The number of aliphatic hydroxyl groups is 1. The molecule has 0 bridgehead atoms. The van der Waals surface area contributed by atoms with E-state index in [1.54, 1.807) is 0 Å². The van der Waals surface area contributed by atoms with Gasteiger partial charge in [0.15, 0.2) is 0 Å². The maximum absolute atomic E-state index is 9.99. The lowest BCUT2D eigenvalue weighted by molar-refractivity contribution is 0.0141. The van der Waals surface area contributed by atoms with Crippen molar-refractivity contribution in [3.63, 3.8) is 0 Å². The zero-order valence-electron chi connectivity index (χ0n) is 10.3. The number of hydrogen-bond acceptors (Lipinski definition) is 3. The van der Waals surface area contributed by atoms with Gasteiger partial charge in [0.2, 0.25) is 0 Å². The highest BCUT2D eigenvalue weighted by molar-refractivity contribution is 7.99. The van der Waals surface area contributed by atoms with Crippen LogP contribution in [-0.2, 0) is 0 Å². The van der Waals surface area contributed by atoms with Gasteiger partial charge < -0.3 is 10.4 Å². The summed E-state index contributed by atoms with van der Waals surface area (Å²) < 4.78 is 0.243. The predicted octanol–water partition coefficient (Wildman–Crippen LogP) is 2.12. The quantitative estimate of drug-likeness (QED) is 0.718. The van der Waals surface area contributed by atoms with Gasteiger partial charge in [0, 0.05) is 17.8 Å². The molecular formula is C11H25NOS. The van der Waals surface area contributed by atoms with Gasteiger partial charge in [-0.05, 0) is 32.9 Å². The van der Waals surface area contributed by atoms with Crippen LogP contribution in [0.5, 0.6) is 0 Å². The summed E-state index contributed by atoms with van der Waals surface area (Å²) >= 11 is 1.84. The van der Waals surface area contributed by atoms with Gasteiger partial charge in [-0.3, -0.25) is 0 Å². The first-order valence-corrected chi connectivity index (χ1v) is 6.42. The van der Waals surface area contributed by atoms with Gasteiger partial charge in [0.05, 0.1) is 5.60 Å². The molecule has 0 amide bonds. The van der Waals surface area contributed by atoms with Gasteiger partial charge in [-0.1, -0.05) is 13.8 Å². The standard InChI is InChI=1S/C11H25NOS/c1-9(2)11(5,13)8-12-7-10(3,4)14-6/h9,12-13H,7-8H2,1-6H3. The molecule has 0 aromatic carbocycles. The highest BCUT2D eigenvalue weighted by Crippen LogP contribution is 2.20. The Balaban J connectivity index is 3.85. The Bertz CT molecular complexity index is 167. The Morgan fingerprint density at radius 1 is 1.21 bits per heavy atom. The minimum atomic E-state index is -0.603. The molecule has 1 unspecified atom stereocenters. The zero-order chi connectivity index (χ0) is 11.4. The molecule has 0 aromatic rings. The van der Waals surface area contributed by atoms with Crippen LogP contribution in [0.3, 0.4) is 0 Å². The average Bonchev–Trinajstić information content (AvgIpc) is 2.03. The second kappa shape index (κ2) is 5.38. The van der Waals surface area contributed by atoms with Crippen LogP contribution in [0.4, 0.5) is 0 Å². The summed E-state index contributed by atoms with van der Waals surface area (Å²) in [5.41, 5.74) is -0.603. The van der Waals surface area contributed by atoms with Crippen LogP contribution in [0.25, 0.3) is 0 Å². The highest BCUT2D eigenvalue weighted by atomic mass is 32.2. The second-order valence-corrected chi connectivity index (χ2v) is 6.59. The summed E-state index contributed by atoms with van der Waals surface area (Å²) in [6, 6.07) is 0. The van der Waals surface area contributed by atoms with Crippen LogP contribution in [0.15, 0.2) is 0 Å². The van der Waals surface area contributed by atoms with Crippen molar-refractivity contribution in [1.82, 2.24) is 5.32 Å². The smallest absolute Gasteiger partial charge is 0.0766 e. The third kappa shape index (κ3) is 5.23. The molecule has 0 saturated heterocycles. The van der Waals surface area contributed by atoms with Crippen LogP contribution in [0, 0.1) is 5.92 Å². The fourth-order valence-corrected chi connectivity index (χ4v) is 1.14. The molecular weight excluding hydrogens is 194 g/mol. The maximum Gasteiger partial charge on any atom is 0.0766 e. The van der Waals surface area contributed by atoms with Crippen molar-refractivity contribution in [3.8, 4) is 0 Å². The lowest BCUT2D eigenvalue weighted by atomic mass is 9.92. The van der Waals surface area contributed by atoms with Crippen LogP contribution in [0.2, 0.25) is 0 Å². The molecule has 0 radical (unpaired) electrons. The summed E-state index contributed by atoms with van der Waals surface area (Å²) in [6.07, 6.45) is 2.11. The van der Waals surface area contributed by atoms with E-state index in [0.717, 1.165) is 6.54 Å². The summed E-state index contributed by atoms with van der Waals surface area (Å²) in [5, 5.41) is 13.3. The van der Waals surface area contributed by atoms with Crippen molar-refractivity contribution in [2.75, 3.05) is 19.3 Å². The van der Waals surface area contributed by atoms with Crippen molar-refractivity contribution < 1.29 is 5.11 Å². The van der Waals surface area contributed by atoms with E-state index in [2.05, 4.69) is 25.4 Å². The van der Waals surface area contributed by atoms with Crippen molar-refractivity contribution >= 4 is 11.8 Å². The molecule has 0 fully saturated rings. The van der Waals surface area contributed by atoms with E-state index < -0.39 is 5.60 Å². The van der Waals surface area contributed by atoms with Crippen molar-refractivity contribution in [2.24, 2.45) is 5.92 Å². The molecule has 0 aromatic heterocycles. The average molecular weight is 219 g/mol. The summed E-state index contributed by atoms with van der Waals surface area (Å²) in [6.45, 7) is 12.0. The SMILES string of the molecule is CSC(C)(C)CNCC(C)(O)C(C)C. The Kier molecular flexibility index (Phi) is 5.48. The van der Waals surface area contributed by atoms with Crippen molar-refractivity contribution in [3.05, 3.63) is 0 Å². The molecule has 0 rings (SSSR count). The normalized spacial score (nSPS) is 17.1. The Morgan fingerprint density at radius 3 is 2.07 bits per heavy atom. The Morgan fingerprint density at radius 2 is 1.71 bits per heavy atom. The van der Waals surface area contributed by atoms with E-state index in [-0.39, 0.29) is 10.7 Å². The molecule has 2 N–H and O–H groups in total. The minimum absolute atomic E-state index is 0.243. The van der Waals surface area contributed by atoms with Crippen LogP contribution in [0.1, 0.15) is 34.6 Å². The van der Waals surface area contributed by atoms with Gasteiger partial charge in [-0.2, -0.15) is 11.8 Å². The molecule has 0 aliphatic heterocycles. The van der Waals surface area contributed by atoms with Gasteiger partial charge in [0.1, 0.15) is 0 Å². The van der Waals surface area contributed by atoms with E-state index in [1.165, 1.54) is 0 Å². The summed E-state index contributed by atoms with van der Waals surface area (Å²) in [5.74, 6) is 0.285. The first-order valence-electron chi connectivity index (χ1n) is 5.19. The van der Waals surface area contributed by atoms with Gasteiger partial charge in [-0.25, -0.2) is 0 Å². The van der Waals surface area contributed by atoms with Crippen LogP contribution < -0.4 is 5.32 Å². The Hall–Kier alpha value is 0.270. The first-order chi connectivity index (χ1) is 6.21. The molecule has 1 atom stereocenters. The van der Waals surface area contributed by atoms with Crippen molar-refractivity contribution in [1.29, 1.82) is 0 Å². The Labute approximate surface area is 92.9 Å². The zero-order valence-corrected chi connectivity index (χ0v) is 11.2. The number of thioether (sulfide) groups is 1. The fourth-order valence-electron chi connectivity index (χ4n) is 0.893. The van der Waals surface area contributed by atoms with Crippen LogP contribution in [-0.4, -0.2) is 34.8 Å². The third-order valence-electron chi connectivity index (χ3n) is 2.83. The molecule has 2 nitrogen and oxygen atoms in total. The van der Waals surface area contributed by atoms with E-state index in [0.29, 0.717) is 6.54 Å². The molecule has 0 heterocycles. The van der Waals surface area contributed by atoms with Crippen LogP contribution >= 0.6 is 11.8 Å².